The Labute approximate surface area is 349 Å². The van der Waals surface area contributed by atoms with Gasteiger partial charge in [-0.05, 0) is 103 Å². The third-order valence-electron chi connectivity index (χ3n) is 13.4. The first kappa shape index (κ1) is 34.7. The summed E-state index contributed by atoms with van der Waals surface area (Å²) in [4.78, 5) is 20.6. The van der Waals surface area contributed by atoms with Crippen LogP contribution in [0.1, 0.15) is 49.9 Å². The Bertz CT molecular complexity index is 3180. The average molecular weight is 769 g/mol. The van der Waals surface area contributed by atoms with Gasteiger partial charge < -0.3 is 0 Å². The molecule has 0 aliphatic heterocycles. The Balaban J connectivity index is 0.988. The topological polar surface area (TPSA) is 51.6 Å². The van der Waals surface area contributed by atoms with Crippen LogP contribution in [0, 0.1) is 0 Å². The van der Waals surface area contributed by atoms with Crippen molar-refractivity contribution in [2.45, 2.75) is 38.5 Å². The molecule has 0 spiro atoms. The standard InChI is InChI=1S/C56H40N4/c1-55(2)45-15-7-5-11-39(45)41-27-25-37(31-47(41)55)33-17-21-35(22-18-33)49-50(60-54-44-14-10-30-58-52(44)51-43(53(54)59-49)13-9-29-57-51)36-23-19-34(20-24-36)38-26-28-42-40-12-6-8-16-46(40)56(3,4)48(42)32-38/h5-32H,1-4H3. The van der Waals surface area contributed by atoms with E-state index in [-0.39, 0.29) is 10.8 Å². The molecule has 60 heavy (non-hydrogen) atoms. The lowest BCUT2D eigenvalue weighted by atomic mass is 9.81. The second-order valence-electron chi connectivity index (χ2n) is 17.4. The minimum Gasteiger partial charge on any atom is -0.254 e. The van der Waals surface area contributed by atoms with Gasteiger partial charge in [-0.1, -0.05) is 149 Å². The van der Waals surface area contributed by atoms with E-state index in [1.807, 2.05) is 24.5 Å². The number of benzene rings is 7. The molecule has 0 bridgehead atoms. The summed E-state index contributed by atoms with van der Waals surface area (Å²) in [6.07, 6.45) is 3.65. The van der Waals surface area contributed by atoms with Gasteiger partial charge in [-0.2, -0.15) is 0 Å². The fourth-order valence-electron chi connectivity index (χ4n) is 10.2. The van der Waals surface area contributed by atoms with E-state index in [9.17, 15) is 0 Å². The maximum atomic E-state index is 5.52. The predicted molar refractivity (Wildman–Crippen MR) is 247 cm³/mol. The van der Waals surface area contributed by atoms with Crippen molar-refractivity contribution in [2.75, 3.05) is 0 Å². The normalized spacial score (nSPS) is 14.3. The SMILES string of the molecule is CC1(C)c2ccccc2-c2ccc(-c3ccc(-c4nc5c6cccnc6c6ncccc6c5nc4-c4ccc(-c5ccc6c(c5)C(C)(C)c5ccccc5-6)cc4)cc3)cc21. The van der Waals surface area contributed by atoms with E-state index in [4.69, 9.17) is 19.9 Å². The molecule has 0 atom stereocenters. The number of pyridine rings is 2. The highest BCUT2D eigenvalue weighted by Crippen LogP contribution is 2.51. The molecule has 284 valence electrons. The highest BCUT2D eigenvalue weighted by Gasteiger charge is 2.36. The first-order valence-corrected chi connectivity index (χ1v) is 20.8. The van der Waals surface area contributed by atoms with Gasteiger partial charge in [0.1, 0.15) is 0 Å². The van der Waals surface area contributed by atoms with Gasteiger partial charge in [0.05, 0.1) is 33.5 Å². The maximum absolute atomic E-state index is 5.52. The van der Waals surface area contributed by atoms with Crippen molar-refractivity contribution >= 4 is 32.8 Å². The van der Waals surface area contributed by atoms with Crippen LogP contribution >= 0.6 is 0 Å². The zero-order chi connectivity index (χ0) is 40.3. The lowest BCUT2D eigenvalue weighted by Crippen LogP contribution is -2.14. The molecule has 2 aliphatic rings. The molecule has 7 aromatic carbocycles. The van der Waals surface area contributed by atoms with Gasteiger partial charge in [-0.15, -0.1) is 0 Å². The summed E-state index contributed by atoms with van der Waals surface area (Å²) in [5.41, 5.74) is 22.4. The highest BCUT2D eigenvalue weighted by atomic mass is 14.9. The molecule has 10 aromatic rings. The predicted octanol–water partition coefficient (Wildman–Crippen LogP) is 14.0. The fraction of sp³-hybridized carbons (Fsp3) is 0.107. The maximum Gasteiger partial charge on any atom is 0.0996 e. The molecule has 0 radical (unpaired) electrons. The van der Waals surface area contributed by atoms with Gasteiger partial charge in [0, 0.05) is 45.1 Å². The van der Waals surface area contributed by atoms with Crippen LogP contribution in [0.2, 0.25) is 0 Å². The molecule has 2 aliphatic carbocycles. The van der Waals surface area contributed by atoms with Crippen LogP contribution in [0.3, 0.4) is 0 Å². The van der Waals surface area contributed by atoms with Crippen LogP contribution in [0.15, 0.2) is 170 Å². The van der Waals surface area contributed by atoms with E-state index in [1.165, 1.54) is 66.8 Å². The number of fused-ring (bicyclic) bond motifs is 12. The number of aromatic nitrogens is 4. The van der Waals surface area contributed by atoms with Crippen molar-refractivity contribution in [1.82, 2.24) is 19.9 Å². The first-order chi connectivity index (χ1) is 29.3. The summed E-state index contributed by atoms with van der Waals surface area (Å²) < 4.78 is 0. The minimum absolute atomic E-state index is 0.0622. The molecule has 3 heterocycles. The second-order valence-corrected chi connectivity index (χ2v) is 17.4. The summed E-state index contributed by atoms with van der Waals surface area (Å²) in [6.45, 7) is 9.34. The lowest BCUT2D eigenvalue weighted by molar-refractivity contribution is 0.660. The zero-order valence-electron chi connectivity index (χ0n) is 34.0. The van der Waals surface area contributed by atoms with E-state index in [0.717, 1.165) is 55.4 Å². The van der Waals surface area contributed by atoms with Crippen LogP contribution in [0.5, 0.6) is 0 Å². The van der Waals surface area contributed by atoms with Crippen LogP contribution in [0.25, 0.3) is 99.9 Å². The van der Waals surface area contributed by atoms with Crippen LogP contribution in [0.4, 0.5) is 0 Å². The molecular weight excluding hydrogens is 729 g/mol. The van der Waals surface area contributed by atoms with Crippen molar-refractivity contribution in [3.8, 4) is 67.0 Å². The molecule has 3 aromatic heterocycles. The van der Waals surface area contributed by atoms with E-state index >= 15 is 0 Å². The Hall–Kier alpha value is -7.30. The minimum atomic E-state index is -0.0622. The number of hydrogen-bond donors (Lipinski definition) is 0. The monoisotopic (exact) mass is 768 g/mol. The number of rotatable bonds is 4. The zero-order valence-corrected chi connectivity index (χ0v) is 34.0. The Morgan fingerprint density at radius 1 is 0.317 bits per heavy atom. The Kier molecular flexibility index (Phi) is 7.29. The van der Waals surface area contributed by atoms with Crippen molar-refractivity contribution in [2.24, 2.45) is 0 Å². The fourth-order valence-corrected chi connectivity index (χ4v) is 10.2. The highest BCUT2D eigenvalue weighted by molar-refractivity contribution is 6.21. The van der Waals surface area contributed by atoms with E-state index in [0.29, 0.717) is 0 Å². The summed E-state index contributed by atoms with van der Waals surface area (Å²) in [7, 11) is 0. The smallest absolute Gasteiger partial charge is 0.0996 e. The molecule has 0 fully saturated rings. The van der Waals surface area contributed by atoms with Crippen molar-refractivity contribution in [3.63, 3.8) is 0 Å². The van der Waals surface area contributed by atoms with Gasteiger partial charge in [0.2, 0.25) is 0 Å². The van der Waals surface area contributed by atoms with Crippen LogP contribution in [-0.4, -0.2) is 19.9 Å². The summed E-state index contributed by atoms with van der Waals surface area (Å²) in [5, 5.41) is 1.88. The number of hydrogen-bond acceptors (Lipinski definition) is 4. The molecule has 0 saturated carbocycles. The first-order valence-electron chi connectivity index (χ1n) is 20.8. The third-order valence-corrected chi connectivity index (χ3v) is 13.4. The van der Waals surface area contributed by atoms with Gasteiger partial charge >= 0.3 is 0 Å². The summed E-state index contributed by atoms with van der Waals surface area (Å²) in [5.74, 6) is 0. The van der Waals surface area contributed by atoms with Crippen molar-refractivity contribution in [1.29, 1.82) is 0 Å². The van der Waals surface area contributed by atoms with Gasteiger partial charge in [-0.25, -0.2) is 9.97 Å². The van der Waals surface area contributed by atoms with E-state index in [2.05, 4.69) is 173 Å². The van der Waals surface area contributed by atoms with Gasteiger partial charge in [0.15, 0.2) is 0 Å². The van der Waals surface area contributed by atoms with E-state index < -0.39 is 0 Å². The molecule has 0 saturated heterocycles. The molecular formula is C56H40N4. The molecule has 0 unspecified atom stereocenters. The van der Waals surface area contributed by atoms with Crippen molar-refractivity contribution < 1.29 is 0 Å². The quantitative estimate of drug-likeness (QED) is 0.167. The summed E-state index contributed by atoms with van der Waals surface area (Å²) in [6, 6.07) is 57.3. The van der Waals surface area contributed by atoms with Gasteiger partial charge in [0.25, 0.3) is 0 Å². The average Bonchev–Trinajstić information content (AvgIpc) is 3.67. The Morgan fingerprint density at radius 3 is 1.12 bits per heavy atom. The van der Waals surface area contributed by atoms with Gasteiger partial charge in [-0.3, -0.25) is 9.97 Å². The third kappa shape index (κ3) is 4.97. The molecule has 0 N–H and O–H groups in total. The molecule has 12 rings (SSSR count). The summed E-state index contributed by atoms with van der Waals surface area (Å²) >= 11 is 0. The molecule has 0 amide bonds. The van der Waals surface area contributed by atoms with Crippen LogP contribution < -0.4 is 0 Å². The van der Waals surface area contributed by atoms with Crippen molar-refractivity contribution in [3.05, 3.63) is 192 Å². The van der Waals surface area contributed by atoms with Crippen LogP contribution in [-0.2, 0) is 10.8 Å². The number of nitrogens with zero attached hydrogens (tertiary/aromatic N) is 4. The second kappa shape index (κ2) is 12.6. The largest absolute Gasteiger partial charge is 0.254 e. The molecule has 4 heteroatoms. The van der Waals surface area contributed by atoms with E-state index in [1.54, 1.807) is 0 Å². The Morgan fingerprint density at radius 2 is 0.683 bits per heavy atom. The lowest BCUT2D eigenvalue weighted by Gasteiger charge is -2.22. The molecule has 4 nitrogen and oxygen atoms in total.